The summed E-state index contributed by atoms with van der Waals surface area (Å²) in [7, 11) is -0.766. The fraction of sp³-hybridized carbons (Fsp3) is 0.900. The van der Waals surface area contributed by atoms with Gasteiger partial charge < -0.3 is 10.6 Å². The Bertz CT molecular complexity index is 240. The third-order valence-corrected chi connectivity index (χ3v) is 3.76. The van der Waals surface area contributed by atoms with Gasteiger partial charge in [0.25, 0.3) is 0 Å². The minimum atomic E-state index is -0.766. The number of thiocarbonyl (C=S) groups is 1. The molecule has 0 spiro atoms. The Morgan fingerprint density at radius 1 is 1.53 bits per heavy atom. The number of rotatable bonds is 4. The van der Waals surface area contributed by atoms with Gasteiger partial charge in [-0.25, -0.2) is 0 Å². The van der Waals surface area contributed by atoms with Gasteiger partial charge in [-0.3, -0.25) is 4.21 Å². The first-order valence-electron chi connectivity index (χ1n) is 5.45. The molecule has 0 aromatic carbocycles. The van der Waals surface area contributed by atoms with Gasteiger partial charge in [0.2, 0.25) is 0 Å². The predicted molar refractivity (Wildman–Crippen MR) is 69.5 cm³/mol. The first-order chi connectivity index (χ1) is 7.08. The summed E-state index contributed by atoms with van der Waals surface area (Å²) in [5, 5.41) is 7.18. The highest BCUT2D eigenvalue weighted by Gasteiger charge is 2.16. The third kappa shape index (κ3) is 5.47. The summed E-state index contributed by atoms with van der Waals surface area (Å²) in [5.41, 5.74) is 0. The van der Waals surface area contributed by atoms with Crippen LogP contribution in [0.25, 0.3) is 0 Å². The van der Waals surface area contributed by atoms with Crippen molar-refractivity contribution in [3.8, 4) is 0 Å². The van der Waals surface area contributed by atoms with E-state index in [1.54, 1.807) is 6.26 Å². The molecule has 0 saturated heterocycles. The molecule has 3 nitrogen and oxygen atoms in total. The smallest absolute Gasteiger partial charge is 0.166 e. The minimum Gasteiger partial charge on any atom is -0.360 e. The van der Waals surface area contributed by atoms with Crippen LogP contribution in [-0.4, -0.2) is 33.4 Å². The molecule has 5 heteroatoms. The molecule has 2 atom stereocenters. The van der Waals surface area contributed by atoms with Crippen molar-refractivity contribution in [3.63, 3.8) is 0 Å². The Hall–Kier alpha value is -0.160. The fourth-order valence-corrected chi connectivity index (χ4v) is 3.07. The van der Waals surface area contributed by atoms with Crippen LogP contribution < -0.4 is 10.6 Å². The van der Waals surface area contributed by atoms with Crippen LogP contribution in [0.2, 0.25) is 0 Å². The Morgan fingerprint density at radius 3 is 2.67 bits per heavy atom. The molecule has 1 rings (SSSR count). The Morgan fingerprint density at radius 2 is 2.13 bits per heavy atom. The van der Waals surface area contributed by atoms with Gasteiger partial charge in [0.1, 0.15) is 0 Å². The lowest BCUT2D eigenvalue weighted by molar-refractivity contribution is 0.608. The zero-order valence-electron chi connectivity index (χ0n) is 9.41. The summed E-state index contributed by atoms with van der Waals surface area (Å²) in [6.45, 7) is 2.00. The van der Waals surface area contributed by atoms with Gasteiger partial charge in [-0.2, -0.15) is 0 Å². The maximum atomic E-state index is 11.0. The first kappa shape index (κ1) is 12.9. The summed E-state index contributed by atoms with van der Waals surface area (Å²) >= 11 is 5.20. The molecule has 15 heavy (non-hydrogen) atoms. The molecule has 0 bridgehead atoms. The van der Waals surface area contributed by atoms with Gasteiger partial charge in [0, 0.05) is 34.9 Å². The highest BCUT2D eigenvalue weighted by atomic mass is 32.2. The summed E-state index contributed by atoms with van der Waals surface area (Å²) in [4.78, 5) is 0. The molecule has 1 aliphatic rings. The first-order valence-corrected chi connectivity index (χ1v) is 7.58. The van der Waals surface area contributed by atoms with Gasteiger partial charge >= 0.3 is 0 Å². The van der Waals surface area contributed by atoms with E-state index in [0.717, 1.165) is 0 Å². The molecular weight excluding hydrogens is 228 g/mol. The van der Waals surface area contributed by atoms with Crippen LogP contribution in [0.1, 0.15) is 32.6 Å². The van der Waals surface area contributed by atoms with Crippen LogP contribution in [0.4, 0.5) is 0 Å². The van der Waals surface area contributed by atoms with Crippen molar-refractivity contribution in [2.45, 2.75) is 44.7 Å². The van der Waals surface area contributed by atoms with E-state index in [0.29, 0.717) is 16.9 Å². The highest BCUT2D eigenvalue weighted by Crippen LogP contribution is 2.17. The summed E-state index contributed by atoms with van der Waals surface area (Å²) in [5.74, 6) is 0.645. The molecular formula is C10H20N2OS2. The SMILES string of the molecule is CC(CS(C)=O)NC(=S)NC1CCCC1. The maximum absolute atomic E-state index is 11.0. The lowest BCUT2D eigenvalue weighted by Gasteiger charge is -2.19. The van der Waals surface area contributed by atoms with E-state index in [9.17, 15) is 4.21 Å². The van der Waals surface area contributed by atoms with Crippen molar-refractivity contribution >= 4 is 28.1 Å². The quantitative estimate of drug-likeness (QED) is 0.733. The van der Waals surface area contributed by atoms with Crippen molar-refractivity contribution in [1.82, 2.24) is 10.6 Å². The van der Waals surface area contributed by atoms with Crippen LogP contribution in [-0.2, 0) is 10.8 Å². The summed E-state index contributed by atoms with van der Waals surface area (Å²) in [6, 6.07) is 0.724. The zero-order valence-corrected chi connectivity index (χ0v) is 11.0. The standard InChI is InChI=1S/C10H20N2OS2/c1-8(7-15(2)13)11-10(14)12-9-5-3-4-6-9/h8-9H,3-7H2,1-2H3,(H2,11,12,14). The van der Waals surface area contributed by atoms with Crippen LogP contribution in [0.5, 0.6) is 0 Å². The van der Waals surface area contributed by atoms with E-state index in [1.807, 2.05) is 6.92 Å². The Kier molecular flexibility index (Phi) is 5.53. The molecule has 2 unspecified atom stereocenters. The van der Waals surface area contributed by atoms with E-state index >= 15 is 0 Å². The van der Waals surface area contributed by atoms with Crippen molar-refractivity contribution < 1.29 is 4.21 Å². The maximum Gasteiger partial charge on any atom is 0.166 e. The van der Waals surface area contributed by atoms with Crippen LogP contribution in [0.15, 0.2) is 0 Å². The molecule has 1 saturated carbocycles. The average Bonchev–Trinajstić information content (AvgIpc) is 2.53. The zero-order chi connectivity index (χ0) is 11.3. The van der Waals surface area contributed by atoms with E-state index in [1.165, 1.54) is 25.7 Å². The van der Waals surface area contributed by atoms with Gasteiger partial charge in [-0.15, -0.1) is 0 Å². The second kappa shape index (κ2) is 6.43. The molecule has 1 fully saturated rings. The van der Waals surface area contributed by atoms with Crippen molar-refractivity contribution in [2.24, 2.45) is 0 Å². The normalized spacial score (nSPS) is 20.9. The van der Waals surface area contributed by atoms with Gasteiger partial charge in [0.05, 0.1) is 0 Å². The molecule has 0 aromatic heterocycles. The van der Waals surface area contributed by atoms with Gasteiger partial charge in [-0.1, -0.05) is 12.8 Å². The van der Waals surface area contributed by atoms with E-state index in [-0.39, 0.29) is 6.04 Å². The Labute approximate surface area is 99.9 Å². The largest absolute Gasteiger partial charge is 0.360 e. The predicted octanol–water partition coefficient (Wildman–Crippen LogP) is 1.16. The minimum absolute atomic E-state index is 0.178. The van der Waals surface area contributed by atoms with Gasteiger partial charge in [-0.05, 0) is 32.0 Å². The number of nitrogens with one attached hydrogen (secondary N) is 2. The van der Waals surface area contributed by atoms with Gasteiger partial charge in [0.15, 0.2) is 5.11 Å². The highest BCUT2D eigenvalue weighted by molar-refractivity contribution is 7.84. The van der Waals surface area contributed by atoms with Crippen LogP contribution >= 0.6 is 12.2 Å². The van der Waals surface area contributed by atoms with E-state index < -0.39 is 10.8 Å². The lowest BCUT2D eigenvalue weighted by Crippen LogP contribution is -2.45. The Balaban J connectivity index is 2.19. The monoisotopic (exact) mass is 248 g/mol. The second-order valence-electron chi connectivity index (χ2n) is 4.24. The topological polar surface area (TPSA) is 41.1 Å². The third-order valence-electron chi connectivity index (χ3n) is 2.55. The molecule has 0 aromatic rings. The number of hydrogen-bond acceptors (Lipinski definition) is 2. The van der Waals surface area contributed by atoms with E-state index in [2.05, 4.69) is 10.6 Å². The van der Waals surface area contributed by atoms with E-state index in [4.69, 9.17) is 12.2 Å². The average molecular weight is 248 g/mol. The molecule has 2 N–H and O–H groups in total. The summed E-state index contributed by atoms with van der Waals surface area (Å²) in [6.07, 6.45) is 6.75. The van der Waals surface area contributed by atoms with Crippen LogP contribution in [0.3, 0.4) is 0 Å². The molecule has 0 amide bonds. The molecule has 1 aliphatic carbocycles. The summed E-state index contributed by atoms with van der Waals surface area (Å²) < 4.78 is 11.0. The molecule has 88 valence electrons. The number of hydrogen-bond donors (Lipinski definition) is 2. The van der Waals surface area contributed by atoms with Crippen molar-refractivity contribution in [3.05, 3.63) is 0 Å². The molecule has 0 aliphatic heterocycles. The van der Waals surface area contributed by atoms with Crippen molar-refractivity contribution in [2.75, 3.05) is 12.0 Å². The fourth-order valence-electron chi connectivity index (χ4n) is 1.91. The van der Waals surface area contributed by atoms with Crippen molar-refractivity contribution in [1.29, 1.82) is 0 Å². The molecule has 0 radical (unpaired) electrons. The second-order valence-corrected chi connectivity index (χ2v) is 6.13. The molecule has 0 heterocycles. The lowest BCUT2D eigenvalue weighted by atomic mass is 10.2. The van der Waals surface area contributed by atoms with Crippen LogP contribution in [0, 0.1) is 0 Å².